The highest BCUT2D eigenvalue weighted by atomic mass is 16.5. The Morgan fingerprint density at radius 1 is 1.32 bits per heavy atom. The molecule has 0 radical (unpaired) electrons. The van der Waals surface area contributed by atoms with Crippen molar-refractivity contribution in [2.24, 2.45) is 0 Å². The van der Waals surface area contributed by atoms with Gasteiger partial charge in [-0.1, -0.05) is 18.2 Å². The molecule has 1 aliphatic rings. The summed E-state index contributed by atoms with van der Waals surface area (Å²) in [6.45, 7) is 2.80. The first-order valence-corrected chi connectivity index (χ1v) is 7.57. The zero-order valence-electron chi connectivity index (χ0n) is 12.5. The Balaban J connectivity index is 1.56. The van der Waals surface area contributed by atoms with Crippen molar-refractivity contribution in [1.82, 2.24) is 19.5 Å². The summed E-state index contributed by atoms with van der Waals surface area (Å²) in [5.41, 5.74) is 3.23. The van der Waals surface area contributed by atoms with Crippen LogP contribution in [0.1, 0.15) is 17.7 Å². The van der Waals surface area contributed by atoms with Gasteiger partial charge in [0, 0.05) is 18.1 Å². The van der Waals surface area contributed by atoms with Crippen LogP contribution in [0.4, 0.5) is 0 Å². The van der Waals surface area contributed by atoms with E-state index in [0.29, 0.717) is 0 Å². The van der Waals surface area contributed by atoms with Crippen molar-refractivity contribution in [3.63, 3.8) is 0 Å². The van der Waals surface area contributed by atoms with Gasteiger partial charge in [-0.05, 0) is 31.4 Å². The summed E-state index contributed by atoms with van der Waals surface area (Å²) in [6.07, 6.45) is 7.77. The van der Waals surface area contributed by atoms with Crippen molar-refractivity contribution in [1.29, 1.82) is 0 Å². The van der Waals surface area contributed by atoms with Gasteiger partial charge in [0.15, 0.2) is 5.82 Å². The van der Waals surface area contributed by atoms with Crippen LogP contribution in [0.25, 0.3) is 11.5 Å². The summed E-state index contributed by atoms with van der Waals surface area (Å²) in [7, 11) is 0. The molecule has 5 nitrogen and oxygen atoms in total. The lowest BCUT2D eigenvalue weighted by Gasteiger charge is -2.26. The molecule has 22 heavy (non-hydrogen) atoms. The van der Waals surface area contributed by atoms with Crippen molar-refractivity contribution < 1.29 is 4.74 Å². The van der Waals surface area contributed by atoms with Crippen molar-refractivity contribution in [2.75, 3.05) is 0 Å². The fraction of sp³-hybridized carbons (Fsp3) is 0.294. The van der Waals surface area contributed by atoms with Crippen LogP contribution < -0.4 is 4.74 Å². The Bertz CT molecular complexity index is 789. The highest BCUT2D eigenvalue weighted by molar-refractivity contribution is 5.52. The van der Waals surface area contributed by atoms with Gasteiger partial charge in [-0.15, -0.1) is 0 Å². The molecule has 2 aromatic heterocycles. The number of ether oxygens (including phenoxy) is 1. The smallest absolute Gasteiger partial charge is 0.160 e. The number of nitrogens with one attached hydrogen (secondary N) is 1. The van der Waals surface area contributed by atoms with E-state index in [0.717, 1.165) is 42.3 Å². The Labute approximate surface area is 129 Å². The number of nitrogens with zero attached hydrogens (tertiary/aromatic N) is 3. The summed E-state index contributed by atoms with van der Waals surface area (Å²) in [6, 6.07) is 8.28. The van der Waals surface area contributed by atoms with Crippen LogP contribution in [0.3, 0.4) is 0 Å². The first kappa shape index (κ1) is 13.1. The van der Waals surface area contributed by atoms with E-state index in [1.54, 1.807) is 6.33 Å². The Morgan fingerprint density at radius 3 is 3.09 bits per heavy atom. The van der Waals surface area contributed by atoms with E-state index in [2.05, 4.69) is 31.7 Å². The second kappa shape index (κ2) is 5.33. The van der Waals surface area contributed by atoms with E-state index < -0.39 is 0 Å². The van der Waals surface area contributed by atoms with Crippen molar-refractivity contribution in [2.45, 2.75) is 32.4 Å². The number of aromatic amines is 1. The molecular weight excluding hydrogens is 276 g/mol. The van der Waals surface area contributed by atoms with E-state index >= 15 is 0 Å². The Morgan fingerprint density at radius 2 is 2.23 bits per heavy atom. The number of imidazole rings is 2. The molecule has 3 aromatic rings. The van der Waals surface area contributed by atoms with E-state index in [-0.39, 0.29) is 6.10 Å². The SMILES string of the molecule is Cc1[nH]cnc1-c1nccn1C[C@H]1CCc2ccccc2O1. The van der Waals surface area contributed by atoms with E-state index in [9.17, 15) is 0 Å². The number of hydrogen-bond donors (Lipinski definition) is 1. The third-order valence-corrected chi connectivity index (χ3v) is 4.16. The summed E-state index contributed by atoms with van der Waals surface area (Å²) in [4.78, 5) is 11.9. The average Bonchev–Trinajstić information content (AvgIpc) is 3.15. The molecule has 0 spiro atoms. The number of hydrogen-bond acceptors (Lipinski definition) is 3. The molecule has 0 aliphatic carbocycles. The highest BCUT2D eigenvalue weighted by Gasteiger charge is 2.21. The summed E-state index contributed by atoms with van der Waals surface area (Å²) in [5.74, 6) is 1.90. The van der Waals surface area contributed by atoms with Crippen LogP contribution >= 0.6 is 0 Å². The molecule has 0 amide bonds. The molecule has 1 N–H and O–H groups in total. The normalized spacial score (nSPS) is 17.0. The summed E-state index contributed by atoms with van der Waals surface area (Å²) < 4.78 is 8.26. The fourth-order valence-electron chi connectivity index (χ4n) is 2.99. The molecular formula is C17H18N4O. The molecule has 1 aromatic carbocycles. The Hall–Kier alpha value is -2.56. The third kappa shape index (κ3) is 2.28. The van der Waals surface area contributed by atoms with Gasteiger partial charge < -0.3 is 14.3 Å². The number of aryl methyl sites for hydroxylation is 2. The number of aromatic nitrogens is 4. The quantitative estimate of drug-likeness (QED) is 0.808. The van der Waals surface area contributed by atoms with Crippen LogP contribution in [-0.4, -0.2) is 25.6 Å². The number of rotatable bonds is 3. The molecule has 4 rings (SSSR count). The standard InChI is InChI=1S/C17H18N4O/c1-12-16(20-11-19-12)17-18-8-9-21(17)10-14-7-6-13-4-2-3-5-15(13)22-14/h2-5,8-9,11,14H,6-7,10H2,1H3,(H,19,20)/t14-/m1/s1. The lowest BCUT2D eigenvalue weighted by Crippen LogP contribution is -2.27. The maximum absolute atomic E-state index is 6.13. The first-order valence-electron chi connectivity index (χ1n) is 7.57. The second-order valence-electron chi connectivity index (χ2n) is 5.67. The van der Waals surface area contributed by atoms with Gasteiger partial charge in [-0.2, -0.15) is 0 Å². The molecule has 0 bridgehead atoms. The molecule has 1 aliphatic heterocycles. The molecule has 0 saturated heterocycles. The van der Waals surface area contributed by atoms with Gasteiger partial charge in [-0.3, -0.25) is 0 Å². The van der Waals surface area contributed by atoms with Gasteiger partial charge in [0.2, 0.25) is 0 Å². The lowest BCUT2D eigenvalue weighted by atomic mass is 10.0. The molecule has 3 heterocycles. The molecule has 5 heteroatoms. The summed E-state index contributed by atoms with van der Waals surface area (Å²) >= 11 is 0. The number of para-hydroxylation sites is 1. The topological polar surface area (TPSA) is 55.7 Å². The van der Waals surface area contributed by atoms with Gasteiger partial charge >= 0.3 is 0 Å². The Kier molecular flexibility index (Phi) is 3.18. The van der Waals surface area contributed by atoms with Crippen molar-refractivity contribution in [3.05, 3.63) is 54.2 Å². The van der Waals surface area contributed by atoms with E-state index in [4.69, 9.17) is 4.74 Å². The molecule has 0 unspecified atom stereocenters. The lowest BCUT2D eigenvalue weighted by molar-refractivity contribution is 0.154. The van der Waals surface area contributed by atoms with Crippen molar-refractivity contribution in [3.8, 4) is 17.3 Å². The molecule has 0 saturated carbocycles. The van der Waals surface area contributed by atoms with E-state index in [1.807, 2.05) is 31.5 Å². The van der Waals surface area contributed by atoms with Crippen molar-refractivity contribution >= 4 is 0 Å². The zero-order chi connectivity index (χ0) is 14.9. The monoisotopic (exact) mass is 294 g/mol. The van der Waals surface area contributed by atoms with E-state index in [1.165, 1.54) is 5.56 Å². The van der Waals surface area contributed by atoms with Gasteiger partial charge in [-0.25, -0.2) is 9.97 Å². The van der Waals surface area contributed by atoms with Gasteiger partial charge in [0.1, 0.15) is 17.5 Å². The molecule has 1 atom stereocenters. The minimum absolute atomic E-state index is 0.169. The number of benzene rings is 1. The highest BCUT2D eigenvalue weighted by Crippen LogP contribution is 2.28. The average molecular weight is 294 g/mol. The molecule has 0 fully saturated rings. The predicted octanol–water partition coefficient (Wildman–Crippen LogP) is 2.98. The minimum Gasteiger partial charge on any atom is -0.488 e. The zero-order valence-corrected chi connectivity index (χ0v) is 12.5. The van der Waals surface area contributed by atoms with Crippen LogP contribution in [0.15, 0.2) is 43.0 Å². The molecule has 112 valence electrons. The van der Waals surface area contributed by atoms with Crippen LogP contribution in [0, 0.1) is 6.92 Å². The fourth-order valence-corrected chi connectivity index (χ4v) is 2.99. The largest absolute Gasteiger partial charge is 0.488 e. The van der Waals surface area contributed by atoms with Crippen LogP contribution in [-0.2, 0) is 13.0 Å². The number of fused-ring (bicyclic) bond motifs is 1. The minimum atomic E-state index is 0.169. The van der Waals surface area contributed by atoms with Crippen LogP contribution in [0.2, 0.25) is 0 Å². The van der Waals surface area contributed by atoms with Gasteiger partial charge in [0.05, 0.1) is 12.9 Å². The number of H-pyrrole nitrogens is 1. The third-order valence-electron chi connectivity index (χ3n) is 4.16. The second-order valence-corrected chi connectivity index (χ2v) is 5.67. The maximum Gasteiger partial charge on any atom is 0.160 e. The predicted molar refractivity (Wildman–Crippen MR) is 83.7 cm³/mol. The first-order chi connectivity index (χ1) is 10.8. The van der Waals surface area contributed by atoms with Gasteiger partial charge in [0.25, 0.3) is 0 Å². The maximum atomic E-state index is 6.13. The summed E-state index contributed by atoms with van der Waals surface area (Å²) in [5, 5.41) is 0. The van der Waals surface area contributed by atoms with Crippen LogP contribution in [0.5, 0.6) is 5.75 Å².